The number of carbonyl (C=O) groups is 1. The Bertz CT molecular complexity index is 715. The van der Waals surface area contributed by atoms with Gasteiger partial charge in [-0.25, -0.2) is 0 Å². The van der Waals surface area contributed by atoms with Crippen LogP contribution >= 0.6 is 15.9 Å². The highest BCUT2D eigenvalue weighted by molar-refractivity contribution is 9.10. The molecule has 2 N–H and O–H groups in total. The maximum atomic E-state index is 11.9. The monoisotopic (exact) mass is 346 g/mol. The predicted molar refractivity (Wildman–Crippen MR) is 85.8 cm³/mol. The van der Waals surface area contributed by atoms with E-state index in [1.165, 1.54) is 0 Å². The molecule has 2 aromatic rings. The van der Waals surface area contributed by atoms with Gasteiger partial charge >= 0.3 is 0 Å². The number of fused-ring (bicyclic) bond motifs is 1. The fourth-order valence-electron chi connectivity index (χ4n) is 2.42. The first-order chi connectivity index (χ1) is 10.1. The first-order valence-corrected chi connectivity index (χ1v) is 7.44. The number of para-hydroxylation sites is 1. The highest BCUT2D eigenvalue weighted by Crippen LogP contribution is 2.40. The van der Waals surface area contributed by atoms with Crippen LogP contribution in [0.2, 0.25) is 0 Å². The van der Waals surface area contributed by atoms with E-state index in [-0.39, 0.29) is 11.9 Å². The molecule has 1 atom stereocenters. The van der Waals surface area contributed by atoms with E-state index in [4.69, 9.17) is 4.74 Å². The first kappa shape index (κ1) is 14.1. The number of ether oxygens (including phenoxy) is 1. The van der Waals surface area contributed by atoms with Crippen molar-refractivity contribution in [3.05, 3.63) is 52.0 Å². The van der Waals surface area contributed by atoms with Gasteiger partial charge in [-0.2, -0.15) is 0 Å². The SMILES string of the molecule is CNC1C(=O)Nc2cc(Oc3ccccc3C)c(Br)cc21. The van der Waals surface area contributed by atoms with E-state index in [1.807, 2.05) is 43.3 Å². The van der Waals surface area contributed by atoms with Gasteiger partial charge in [0.15, 0.2) is 0 Å². The Morgan fingerprint density at radius 2 is 2.00 bits per heavy atom. The Hall–Kier alpha value is -1.85. The fraction of sp³-hybridized carbons (Fsp3) is 0.188. The third kappa shape index (κ3) is 2.54. The Labute approximate surface area is 131 Å². The summed E-state index contributed by atoms with van der Waals surface area (Å²) in [4.78, 5) is 11.9. The van der Waals surface area contributed by atoms with E-state index in [9.17, 15) is 4.79 Å². The molecule has 21 heavy (non-hydrogen) atoms. The van der Waals surface area contributed by atoms with Crippen molar-refractivity contribution in [2.75, 3.05) is 12.4 Å². The molecule has 3 rings (SSSR count). The van der Waals surface area contributed by atoms with Crippen LogP contribution in [0.3, 0.4) is 0 Å². The molecule has 5 heteroatoms. The van der Waals surface area contributed by atoms with Crippen LogP contribution in [-0.4, -0.2) is 13.0 Å². The summed E-state index contributed by atoms with van der Waals surface area (Å²) >= 11 is 3.52. The molecule has 1 aliphatic heterocycles. The second-order valence-electron chi connectivity index (χ2n) is 4.95. The van der Waals surface area contributed by atoms with Gasteiger partial charge in [0.2, 0.25) is 5.91 Å². The number of anilines is 1. The summed E-state index contributed by atoms with van der Waals surface area (Å²) in [6, 6.07) is 11.3. The molecule has 1 unspecified atom stereocenters. The van der Waals surface area contributed by atoms with Crippen LogP contribution in [0.15, 0.2) is 40.9 Å². The second-order valence-corrected chi connectivity index (χ2v) is 5.80. The van der Waals surface area contributed by atoms with Crippen molar-refractivity contribution in [1.29, 1.82) is 0 Å². The van der Waals surface area contributed by atoms with Crippen molar-refractivity contribution in [3.8, 4) is 11.5 Å². The van der Waals surface area contributed by atoms with Crippen molar-refractivity contribution < 1.29 is 9.53 Å². The number of benzene rings is 2. The minimum Gasteiger partial charge on any atom is -0.456 e. The van der Waals surface area contributed by atoms with Gasteiger partial charge in [0.25, 0.3) is 0 Å². The van der Waals surface area contributed by atoms with Gasteiger partial charge in [-0.05, 0) is 47.6 Å². The maximum Gasteiger partial charge on any atom is 0.246 e. The summed E-state index contributed by atoms with van der Waals surface area (Å²) in [6.45, 7) is 2.00. The molecule has 0 saturated carbocycles. The highest BCUT2D eigenvalue weighted by atomic mass is 79.9. The predicted octanol–water partition coefficient (Wildman–Crippen LogP) is 3.76. The summed E-state index contributed by atoms with van der Waals surface area (Å²) in [7, 11) is 1.77. The summed E-state index contributed by atoms with van der Waals surface area (Å²) in [6.07, 6.45) is 0. The van der Waals surface area contributed by atoms with E-state index >= 15 is 0 Å². The Morgan fingerprint density at radius 3 is 2.71 bits per heavy atom. The summed E-state index contributed by atoms with van der Waals surface area (Å²) in [5.41, 5.74) is 2.76. The van der Waals surface area contributed by atoms with Crippen LogP contribution in [0.1, 0.15) is 17.2 Å². The molecule has 0 radical (unpaired) electrons. The lowest BCUT2D eigenvalue weighted by Gasteiger charge is -2.12. The molecule has 1 aliphatic rings. The van der Waals surface area contributed by atoms with Gasteiger partial charge < -0.3 is 15.4 Å². The Morgan fingerprint density at radius 1 is 1.24 bits per heavy atom. The van der Waals surface area contributed by atoms with Crippen molar-refractivity contribution in [2.24, 2.45) is 0 Å². The fourth-order valence-corrected chi connectivity index (χ4v) is 2.86. The molecule has 0 bridgehead atoms. The maximum absolute atomic E-state index is 11.9. The molecule has 1 amide bonds. The number of likely N-dealkylation sites (N-methyl/N-ethyl adjacent to an activating group) is 1. The largest absolute Gasteiger partial charge is 0.456 e. The topological polar surface area (TPSA) is 50.4 Å². The summed E-state index contributed by atoms with van der Waals surface area (Å²) in [5, 5.41) is 5.87. The first-order valence-electron chi connectivity index (χ1n) is 6.65. The molecular weight excluding hydrogens is 332 g/mol. The van der Waals surface area contributed by atoms with E-state index in [0.717, 1.165) is 27.0 Å². The molecule has 4 nitrogen and oxygen atoms in total. The average molecular weight is 347 g/mol. The molecule has 108 valence electrons. The lowest BCUT2D eigenvalue weighted by atomic mass is 10.1. The zero-order valence-corrected chi connectivity index (χ0v) is 13.3. The number of hydrogen-bond acceptors (Lipinski definition) is 3. The normalized spacial score (nSPS) is 16.5. The van der Waals surface area contributed by atoms with E-state index < -0.39 is 0 Å². The quantitative estimate of drug-likeness (QED) is 0.889. The highest BCUT2D eigenvalue weighted by Gasteiger charge is 2.30. The van der Waals surface area contributed by atoms with Gasteiger partial charge in [0.1, 0.15) is 17.5 Å². The second kappa shape index (κ2) is 5.50. The number of halogens is 1. The summed E-state index contributed by atoms with van der Waals surface area (Å²) < 4.78 is 6.77. The zero-order valence-electron chi connectivity index (χ0n) is 11.7. The third-order valence-corrected chi connectivity index (χ3v) is 4.16. The molecule has 0 spiro atoms. The molecule has 0 aliphatic carbocycles. The molecule has 0 fully saturated rings. The third-order valence-electron chi connectivity index (χ3n) is 3.54. The number of nitrogens with one attached hydrogen (secondary N) is 2. The Balaban J connectivity index is 1.98. The molecule has 0 saturated heterocycles. The molecule has 1 heterocycles. The van der Waals surface area contributed by atoms with Crippen molar-refractivity contribution >= 4 is 27.5 Å². The molecule has 2 aromatic carbocycles. The number of aryl methyl sites for hydroxylation is 1. The van der Waals surface area contributed by atoms with Crippen LogP contribution < -0.4 is 15.4 Å². The van der Waals surface area contributed by atoms with Crippen LogP contribution in [-0.2, 0) is 4.79 Å². The number of carbonyl (C=O) groups excluding carboxylic acids is 1. The number of hydrogen-bond donors (Lipinski definition) is 2. The standard InChI is InChI=1S/C16H15BrN2O2/c1-9-5-3-4-6-13(9)21-14-8-12-10(7-11(14)17)15(18-2)16(20)19-12/h3-8,15,18H,1-2H3,(H,19,20). The van der Waals surface area contributed by atoms with Crippen LogP contribution in [0, 0.1) is 6.92 Å². The van der Waals surface area contributed by atoms with Gasteiger partial charge in [0, 0.05) is 17.3 Å². The zero-order chi connectivity index (χ0) is 15.0. The van der Waals surface area contributed by atoms with Crippen LogP contribution in [0.25, 0.3) is 0 Å². The van der Waals surface area contributed by atoms with Crippen LogP contribution in [0.4, 0.5) is 5.69 Å². The van der Waals surface area contributed by atoms with E-state index in [0.29, 0.717) is 5.75 Å². The van der Waals surface area contributed by atoms with Gasteiger partial charge in [0.05, 0.1) is 4.47 Å². The summed E-state index contributed by atoms with van der Waals surface area (Å²) in [5.74, 6) is 1.43. The van der Waals surface area contributed by atoms with E-state index in [1.54, 1.807) is 7.05 Å². The van der Waals surface area contributed by atoms with Crippen molar-refractivity contribution in [3.63, 3.8) is 0 Å². The molecule has 0 aromatic heterocycles. The molecular formula is C16H15BrN2O2. The van der Waals surface area contributed by atoms with Gasteiger partial charge in [-0.3, -0.25) is 4.79 Å². The smallest absolute Gasteiger partial charge is 0.246 e. The number of rotatable bonds is 3. The van der Waals surface area contributed by atoms with Gasteiger partial charge in [-0.1, -0.05) is 18.2 Å². The average Bonchev–Trinajstić information content (AvgIpc) is 2.76. The van der Waals surface area contributed by atoms with Gasteiger partial charge in [-0.15, -0.1) is 0 Å². The van der Waals surface area contributed by atoms with E-state index in [2.05, 4.69) is 26.6 Å². The number of amides is 1. The Kier molecular flexibility index (Phi) is 3.69. The van der Waals surface area contributed by atoms with Crippen LogP contribution in [0.5, 0.6) is 11.5 Å². The minimum atomic E-state index is -0.316. The van der Waals surface area contributed by atoms with Crippen molar-refractivity contribution in [1.82, 2.24) is 5.32 Å². The minimum absolute atomic E-state index is 0.0487. The van der Waals surface area contributed by atoms with Crippen molar-refractivity contribution in [2.45, 2.75) is 13.0 Å². The lowest BCUT2D eigenvalue weighted by Crippen LogP contribution is -2.23. The lowest BCUT2D eigenvalue weighted by molar-refractivity contribution is -0.117.